The molecule has 2 rings (SSSR count). The smallest absolute Gasteiger partial charge is 0.260 e. The molecule has 1 aliphatic rings. The molecule has 104 valence electrons. The van der Waals surface area contributed by atoms with Gasteiger partial charge in [0.25, 0.3) is 5.91 Å². The average molecular weight is 262 g/mol. The summed E-state index contributed by atoms with van der Waals surface area (Å²) in [5, 5.41) is 2.83. The molecule has 0 radical (unpaired) electrons. The number of nitrogens with one attached hydrogen (secondary N) is 1. The molecule has 1 aromatic carbocycles. The second-order valence-corrected chi connectivity index (χ2v) is 5.06. The van der Waals surface area contributed by atoms with Crippen LogP contribution < -0.4 is 15.8 Å². The Kier molecular flexibility index (Phi) is 4.43. The van der Waals surface area contributed by atoms with Gasteiger partial charge < -0.3 is 15.8 Å². The van der Waals surface area contributed by atoms with Gasteiger partial charge in [0.2, 0.25) is 0 Å². The van der Waals surface area contributed by atoms with Gasteiger partial charge in [0, 0.05) is 12.6 Å². The molecule has 19 heavy (non-hydrogen) atoms. The fraction of sp³-hybridized carbons (Fsp3) is 0.533. The van der Waals surface area contributed by atoms with Crippen molar-refractivity contribution in [3.63, 3.8) is 0 Å². The summed E-state index contributed by atoms with van der Waals surface area (Å²) in [7, 11) is 0. The van der Waals surface area contributed by atoms with Gasteiger partial charge in [-0.2, -0.15) is 0 Å². The number of aryl methyl sites for hydroxylation is 1. The van der Waals surface area contributed by atoms with E-state index in [1.54, 1.807) is 6.92 Å². The summed E-state index contributed by atoms with van der Waals surface area (Å²) in [5.41, 5.74) is 8.44. The van der Waals surface area contributed by atoms with Gasteiger partial charge in [-0.15, -0.1) is 0 Å². The minimum Gasteiger partial charge on any atom is -0.481 e. The monoisotopic (exact) mass is 262 g/mol. The lowest BCUT2D eigenvalue weighted by Crippen LogP contribution is -2.36. The number of benzene rings is 1. The summed E-state index contributed by atoms with van der Waals surface area (Å²) in [4.78, 5) is 11.7. The molecule has 1 aliphatic carbocycles. The summed E-state index contributed by atoms with van der Waals surface area (Å²) in [6.07, 6.45) is 2.43. The van der Waals surface area contributed by atoms with Crippen molar-refractivity contribution >= 4 is 5.91 Å². The van der Waals surface area contributed by atoms with E-state index in [0.717, 1.165) is 25.0 Å². The van der Waals surface area contributed by atoms with Crippen LogP contribution in [-0.4, -0.2) is 18.6 Å². The third-order valence-corrected chi connectivity index (χ3v) is 3.47. The zero-order chi connectivity index (χ0) is 13.8. The van der Waals surface area contributed by atoms with Crippen LogP contribution in [0.25, 0.3) is 0 Å². The number of hydrogen-bond donors (Lipinski definition) is 2. The normalized spacial score (nSPS) is 18.8. The molecule has 0 heterocycles. The number of rotatable bonds is 5. The number of amides is 1. The molecule has 0 aliphatic heterocycles. The van der Waals surface area contributed by atoms with Crippen molar-refractivity contribution < 1.29 is 9.53 Å². The minimum atomic E-state index is -0.473. The highest BCUT2D eigenvalue weighted by molar-refractivity contribution is 5.80. The Bertz CT molecular complexity index is 459. The highest BCUT2D eigenvalue weighted by Gasteiger charge is 2.20. The molecule has 0 bridgehead atoms. The number of hydrogen-bond acceptors (Lipinski definition) is 3. The molecule has 1 amide bonds. The third-order valence-electron chi connectivity index (χ3n) is 3.47. The fourth-order valence-corrected chi connectivity index (χ4v) is 2.35. The van der Waals surface area contributed by atoms with E-state index in [4.69, 9.17) is 10.5 Å². The van der Waals surface area contributed by atoms with Crippen molar-refractivity contribution in [3.8, 4) is 5.75 Å². The van der Waals surface area contributed by atoms with Gasteiger partial charge >= 0.3 is 0 Å². The second-order valence-electron chi connectivity index (χ2n) is 5.06. The predicted octanol–water partition coefficient (Wildman–Crippen LogP) is 1.93. The van der Waals surface area contributed by atoms with Crippen molar-refractivity contribution in [2.75, 3.05) is 6.54 Å². The van der Waals surface area contributed by atoms with Crippen LogP contribution in [0.15, 0.2) is 18.2 Å². The molecule has 0 aromatic heterocycles. The summed E-state index contributed by atoms with van der Waals surface area (Å²) >= 11 is 0. The number of nitrogens with two attached hydrogens (primary N) is 1. The largest absolute Gasteiger partial charge is 0.481 e. The van der Waals surface area contributed by atoms with Crippen LogP contribution in [-0.2, 0) is 11.2 Å². The summed E-state index contributed by atoms with van der Waals surface area (Å²) < 4.78 is 5.68. The predicted molar refractivity (Wildman–Crippen MR) is 75.1 cm³/mol. The van der Waals surface area contributed by atoms with E-state index >= 15 is 0 Å². The zero-order valence-corrected chi connectivity index (χ0v) is 11.6. The van der Waals surface area contributed by atoms with Crippen LogP contribution in [0.4, 0.5) is 0 Å². The van der Waals surface area contributed by atoms with Crippen molar-refractivity contribution in [2.45, 2.75) is 45.3 Å². The number of carbonyl (C=O) groups excluding carboxylic acids is 1. The van der Waals surface area contributed by atoms with E-state index in [1.165, 1.54) is 11.1 Å². The van der Waals surface area contributed by atoms with E-state index < -0.39 is 6.10 Å². The van der Waals surface area contributed by atoms with Crippen molar-refractivity contribution in [3.05, 3.63) is 29.3 Å². The molecule has 2 unspecified atom stereocenters. The summed E-state index contributed by atoms with van der Waals surface area (Å²) in [5.74, 6) is 0.672. The molecule has 0 spiro atoms. The molecule has 0 fully saturated rings. The first kappa shape index (κ1) is 13.9. The number of fused-ring (bicyclic) bond motifs is 1. The van der Waals surface area contributed by atoms with Gasteiger partial charge in [0.15, 0.2) is 6.10 Å². The van der Waals surface area contributed by atoms with E-state index in [2.05, 4.69) is 5.32 Å². The van der Waals surface area contributed by atoms with Gasteiger partial charge in [-0.25, -0.2) is 0 Å². The Morgan fingerprint density at radius 2 is 2.37 bits per heavy atom. The Morgan fingerprint density at radius 3 is 3.11 bits per heavy atom. The summed E-state index contributed by atoms with van der Waals surface area (Å²) in [6.45, 7) is 4.48. The van der Waals surface area contributed by atoms with E-state index in [-0.39, 0.29) is 11.9 Å². The van der Waals surface area contributed by atoms with Crippen LogP contribution in [0.3, 0.4) is 0 Å². The molecular weight excluding hydrogens is 240 g/mol. The number of carbonyl (C=O) groups is 1. The molecule has 1 aromatic rings. The lowest BCUT2D eigenvalue weighted by Gasteiger charge is -2.15. The van der Waals surface area contributed by atoms with E-state index in [9.17, 15) is 4.79 Å². The van der Waals surface area contributed by atoms with Crippen molar-refractivity contribution in [1.82, 2.24) is 5.32 Å². The van der Waals surface area contributed by atoms with E-state index in [0.29, 0.717) is 6.54 Å². The third kappa shape index (κ3) is 3.26. The maximum Gasteiger partial charge on any atom is 0.260 e. The minimum absolute atomic E-state index is 0.0703. The standard InChI is InChI=1S/C15H22N2O2/c1-3-8-17-15(18)10(2)19-12-5-6-13-11(9-12)4-7-14(13)16/h5-6,9-10,14H,3-4,7-8,16H2,1-2H3,(H,17,18). The van der Waals surface area contributed by atoms with Crippen LogP contribution in [0.1, 0.15) is 43.9 Å². The molecule has 4 nitrogen and oxygen atoms in total. The van der Waals surface area contributed by atoms with Crippen LogP contribution in [0, 0.1) is 0 Å². The maximum absolute atomic E-state index is 11.7. The molecule has 4 heteroatoms. The molecule has 0 saturated heterocycles. The fourth-order valence-electron chi connectivity index (χ4n) is 2.35. The molecule has 3 N–H and O–H groups in total. The Labute approximate surface area is 114 Å². The Balaban J connectivity index is 1.98. The first-order valence-electron chi connectivity index (χ1n) is 6.94. The van der Waals surface area contributed by atoms with Crippen LogP contribution >= 0.6 is 0 Å². The van der Waals surface area contributed by atoms with Crippen molar-refractivity contribution in [1.29, 1.82) is 0 Å². The highest BCUT2D eigenvalue weighted by atomic mass is 16.5. The number of ether oxygens (including phenoxy) is 1. The van der Waals surface area contributed by atoms with Gasteiger partial charge in [-0.3, -0.25) is 4.79 Å². The Hall–Kier alpha value is -1.55. The van der Waals surface area contributed by atoms with Gasteiger partial charge in [-0.1, -0.05) is 13.0 Å². The quantitative estimate of drug-likeness (QED) is 0.852. The first-order valence-corrected chi connectivity index (χ1v) is 6.94. The average Bonchev–Trinajstić information content (AvgIpc) is 2.77. The Morgan fingerprint density at radius 1 is 1.58 bits per heavy atom. The maximum atomic E-state index is 11.7. The topological polar surface area (TPSA) is 64.3 Å². The molecule has 2 atom stereocenters. The van der Waals surface area contributed by atoms with Gasteiger partial charge in [0.05, 0.1) is 0 Å². The SMILES string of the molecule is CCCNC(=O)C(C)Oc1ccc2c(c1)CCC2N. The van der Waals surface area contributed by atoms with Crippen LogP contribution in [0.5, 0.6) is 5.75 Å². The van der Waals surface area contributed by atoms with Gasteiger partial charge in [-0.05, 0) is 49.4 Å². The second kappa shape index (κ2) is 6.06. The lowest BCUT2D eigenvalue weighted by atomic mass is 10.1. The summed E-state index contributed by atoms with van der Waals surface area (Å²) in [6, 6.07) is 6.06. The first-order chi connectivity index (χ1) is 9.11. The molecular formula is C15H22N2O2. The molecule has 0 saturated carbocycles. The van der Waals surface area contributed by atoms with E-state index in [1.807, 2.05) is 25.1 Å². The highest BCUT2D eigenvalue weighted by Crippen LogP contribution is 2.32. The van der Waals surface area contributed by atoms with Gasteiger partial charge in [0.1, 0.15) is 5.75 Å². The van der Waals surface area contributed by atoms with Crippen molar-refractivity contribution in [2.24, 2.45) is 5.73 Å². The lowest BCUT2D eigenvalue weighted by molar-refractivity contribution is -0.127. The zero-order valence-electron chi connectivity index (χ0n) is 11.6. The van der Waals surface area contributed by atoms with Crippen LogP contribution in [0.2, 0.25) is 0 Å².